The van der Waals surface area contributed by atoms with Gasteiger partial charge in [-0.1, -0.05) is 50.2 Å². The zero-order valence-corrected chi connectivity index (χ0v) is 12.3. The summed E-state index contributed by atoms with van der Waals surface area (Å²) in [6.45, 7) is 4.09. The summed E-state index contributed by atoms with van der Waals surface area (Å²) in [7, 11) is 0. The van der Waals surface area contributed by atoms with Crippen LogP contribution in [-0.2, 0) is 12.8 Å². The van der Waals surface area contributed by atoms with Crippen molar-refractivity contribution < 1.29 is 15.0 Å². The van der Waals surface area contributed by atoms with Gasteiger partial charge in [0.05, 0.1) is 5.56 Å². The smallest absolute Gasteiger partial charge is 0.336 e. The molecule has 0 saturated heterocycles. The summed E-state index contributed by atoms with van der Waals surface area (Å²) in [4.78, 5) is 11.3. The number of rotatable bonds is 5. The minimum absolute atomic E-state index is 0.147. The Bertz CT molecular complexity index is 647. The van der Waals surface area contributed by atoms with Crippen molar-refractivity contribution in [3.63, 3.8) is 0 Å². The van der Waals surface area contributed by atoms with E-state index in [-0.39, 0.29) is 5.56 Å². The van der Waals surface area contributed by atoms with Crippen molar-refractivity contribution >= 4 is 5.97 Å². The molecule has 0 heterocycles. The van der Waals surface area contributed by atoms with E-state index < -0.39 is 12.1 Å². The summed E-state index contributed by atoms with van der Waals surface area (Å²) in [5.41, 5.74) is 3.56. The molecule has 3 nitrogen and oxygen atoms in total. The molecule has 2 aromatic rings. The third-order valence-electron chi connectivity index (χ3n) is 3.78. The number of carbonyl (C=O) groups is 1. The molecule has 2 N–H and O–H groups in total. The first-order valence-electron chi connectivity index (χ1n) is 7.20. The topological polar surface area (TPSA) is 57.5 Å². The van der Waals surface area contributed by atoms with E-state index in [9.17, 15) is 15.0 Å². The van der Waals surface area contributed by atoms with E-state index in [1.165, 1.54) is 6.07 Å². The van der Waals surface area contributed by atoms with Gasteiger partial charge >= 0.3 is 5.97 Å². The number of carboxylic acid groups (broad SMARTS) is 1. The molecule has 2 rings (SSSR count). The lowest BCUT2D eigenvalue weighted by Gasteiger charge is -2.18. The fourth-order valence-electron chi connectivity index (χ4n) is 2.54. The van der Waals surface area contributed by atoms with E-state index in [4.69, 9.17) is 0 Å². The van der Waals surface area contributed by atoms with E-state index in [0.717, 1.165) is 29.5 Å². The van der Waals surface area contributed by atoms with Crippen molar-refractivity contribution in [1.29, 1.82) is 0 Å². The molecule has 1 atom stereocenters. The van der Waals surface area contributed by atoms with Crippen LogP contribution in [0.3, 0.4) is 0 Å². The fraction of sp³-hybridized carbons (Fsp3) is 0.278. The van der Waals surface area contributed by atoms with Gasteiger partial charge in [0.2, 0.25) is 0 Å². The predicted octanol–water partition coefficient (Wildman–Crippen LogP) is 3.59. The summed E-state index contributed by atoms with van der Waals surface area (Å²) in [5.74, 6) is -1.02. The summed E-state index contributed by atoms with van der Waals surface area (Å²) in [5, 5.41) is 20.0. The van der Waals surface area contributed by atoms with E-state index in [1.54, 1.807) is 18.2 Å². The lowest BCUT2D eigenvalue weighted by Crippen LogP contribution is -2.10. The van der Waals surface area contributed by atoms with Gasteiger partial charge in [0.15, 0.2) is 0 Å². The van der Waals surface area contributed by atoms with Crippen LogP contribution in [0.25, 0.3) is 0 Å². The first-order valence-corrected chi connectivity index (χ1v) is 7.20. The van der Waals surface area contributed by atoms with E-state index in [1.807, 2.05) is 19.1 Å². The summed E-state index contributed by atoms with van der Waals surface area (Å²) in [6, 6.07) is 12.7. The molecular formula is C18H20O3. The number of carboxylic acids is 1. The first kappa shape index (κ1) is 15.3. The molecule has 0 saturated carbocycles. The quantitative estimate of drug-likeness (QED) is 0.882. The van der Waals surface area contributed by atoms with Crippen LogP contribution in [0.4, 0.5) is 0 Å². The number of aliphatic hydroxyl groups is 1. The predicted molar refractivity (Wildman–Crippen MR) is 82.7 cm³/mol. The number of benzene rings is 2. The Balaban J connectivity index is 2.54. The highest BCUT2D eigenvalue weighted by Crippen LogP contribution is 2.29. The van der Waals surface area contributed by atoms with Crippen LogP contribution in [0.15, 0.2) is 42.5 Å². The molecule has 0 aromatic heterocycles. The molecule has 1 unspecified atom stereocenters. The van der Waals surface area contributed by atoms with Gasteiger partial charge in [0.1, 0.15) is 6.10 Å². The lowest BCUT2D eigenvalue weighted by atomic mass is 9.91. The van der Waals surface area contributed by atoms with Crippen LogP contribution in [0.1, 0.15) is 52.6 Å². The molecule has 0 bridgehead atoms. The third kappa shape index (κ3) is 3.14. The standard InChI is InChI=1S/C18H20O3/c1-3-12-9-10-13(4-2)16(11-12)17(19)14-7-5-6-8-15(14)18(20)21/h5-11,17,19H,3-4H2,1-2H3,(H,20,21). The maximum Gasteiger partial charge on any atom is 0.336 e. The van der Waals surface area contributed by atoms with Gasteiger partial charge in [-0.15, -0.1) is 0 Å². The van der Waals surface area contributed by atoms with E-state index >= 15 is 0 Å². The van der Waals surface area contributed by atoms with Crippen LogP contribution in [-0.4, -0.2) is 16.2 Å². The van der Waals surface area contributed by atoms with Gasteiger partial charge in [-0.2, -0.15) is 0 Å². The normalized spacial score (nSPS) is 12.1. The van der Waals surface area contributed by atoms with Gasteiger partial charge in [0.25, 0.3) is 0 Å². The zero-order chi connectivity index (χ0) is 15.4. The molecule has 2 aromatic carbocycles. The van der Waals surface area contributed by atoms with Crippen molar-refractivity contribution in [1.82, 2.24) is 0 Å². The lowest BCUT2D eigenvalue weighted by molar-refractivity contribution is 0.0691. The van der Waals surface area contributed by atoms with Gasteiger partial charge in [0, 0.05) is 0 Å². The van der Waals surface area contributed by atoms with Crippen LogP contribution in [0.5, 0.6) is 0 Å². The molecule has 0 aliphatic carbocycles. The van der Waals surface area contributed by atoms with Crippen molar-refractivity contribution in [3.8, 4) is 0 Å². The Morgan fingerprint density at radius 2 is 1.76 bits per heavy atom. The second-order valence-electron chi connectivity index (χ2n) is 5.04. The monoisotopic (exact) mass is 284 g/mol. The van der Waals surface area contributed by atoms with E-state index in [2.05, 4.69) is 13.0 Å². The molecule has 0 fully saturated rings. The number of aromatic carboxylic acids is 1. The zero-order valence-electron chi connectivity index (χ0n) is 12.3. The average Bonchev–Trinajstić information content (AvgIpc) is 2.53. The highest BCUT2D eigenvalue weighted by Gasteiger charge is 2.20. The summed E-state index contributed by atoms with van der Waals surface area (Å²) >= 11 is 0. The SMILES string of the molecule is CCc1ccc(CC)c(C(O)c2ccccc2C(=O)O)c1. The van der Waals surface area contributed by atoms with Crippen molar-refractivity contribution in [2.45, 2.75) is 32.8 Å². The van der Waals surface area contributed by atoms with Crippen LogP contribution in [0.2, 0.25) is 0 Å². The van der Waals surface area contributed by atoms with Crippen LogP contribution >= 0.6 is 0 Å². The second-order valence-corrected chi connectivity index (χ2v) is 5.04. The Labute approximate surface area is 124 Å². The average molecular weight is 284 g/mol. The Kier molecular flexibility index (Phi) is 4.76. The number of hydrogen-bond acceptors (Lipinski definition) is 2. The molecule has 0 amide bonds. The Morgan fingerprint density at radius 1 is 1.05 bits per heavy atom. The maximum absolute atomic E-state index is 11.3. The van der Waals surface area contributed by atoms with Crippen LogP contribution in [0, 0.1) is 0 Å². The Hall–Kier alpha value is -2.13. The summed E-state index contributed by atoms with van der Waals surface area (Å²) < 4.78 is 0. The molecule has 110 valence electrons. The second kappa shape index (κ2) is 6.55. The minimum Gasteiger partial charge on any atom is -0.478 e. The van der Waals surface area contributed by atoms with Crippen molar-refractivity contribution in [2.24, 2.45) is 0 Å². The molecule has 0 radical (unpaired) electrons. The minimum atomic E-state index is -1.02. The van der Waals surface area contributed by atoms with Gasteiger partial charge in [-0.3, -0.25) is 0 Å². The molecule has 3 heteroatoms. The highest BCUT2D eigenvalue weighted by molar-refractivity contribution is 5.89. The Morgan fingerprint density at radius 3 is 2.38 bits per heavy atom. The highest BCUT2D eigenvalue weighted by atomic mass is 16.4. The third-order valence-corrected chi connectivity index (χ3v) is 3.78. The first-order chi connectivity index (χ1) is 10.1. The number of aryl methyl sites for hydroxylation is 2. The molecule has 0 aliphatic heterocycles. The fourth-order valence-corrected chi connectivity index (χ4v) is 2.54. The van der Waals surface area contributed by atoms with E-state index in [0.29, 0.717) is 5.56 Å². The summed E-state index contributed by atoms with van der Waals surface area (Å²) in [6.07, 6.45) is 0.759. The van der Waals surface area contributed by atoms with Gasteiger partial charge in [-0.05, 0) is 41.2 Å². The van der Waals surface area contributed by atoms with Crippen molar-refractivity contribution in [2.75, 3.05) is 0 Å². The number of aliphatic hydroxyl groups excluding tert-OH is 1. The largest absolute Gasteiger partial charge is 0.478 e. The number of hydrogen-bond donors (Lipinski definition) is 2. The molecular weight excluding hydrogens is 264 g/mol. The van der Waals surface area contributed by atoms with Crippen LogP contribution < -0.4 is 0 Å². The molecule has 0 aliphatic rings. The maximum atomic E-state index is 11.3. The van der Waals surface area contributed by atoms with Crippen molar-refractivity contribution in [3.05, 3.63) is 70.3 Å². The van der Waals surface area contributed by atoms with Gasteiger partial charge < -0.3 is 10.2 Å². The van der Waals surface area contributed by atoms with Gasteiger partial charge in [-0.25, -0.2) is 4.79 Å². The molecule has 0 spiro atoms. The molecule has 21 heavy (non-hydrogen) atoms.